The van der Waals surface area contributed by atoms with Crippen molar-refractivity contribution in [1.29, 1.82) is 0 Å². The van der Waals surface area contributed by atoms with Crippen LogP contribution >= 0.6 is 11.3 Å². The molecule has 5 heterocycles. The first-order chi connectivity index (χ1) is 13.6. The number of aromatic nitrogens is 1. The molecule has 0 aliphatic carbocycles. The first kappa shape index (κ1) is 16.1. The van der Waals surface area contributed by atoms with Crippen molar-refractivity contribution >= 4 is 34.0 Å². The second-order valence-electron chi connectivity index (χ2n) is 7.19. The Morgan fingerprint density at radius 3 is 3.07 bits per heavy atom. The van der Waals surface area contributed by atoms with Crippen molar-refractivity contribution in [1.82, 2.24) is 4.98 Å². The van der Waals surface area contributed by atoms with Crippen molar-refractivity contribution in [3.05, 3.63) is 41.9 Å². The van der Waals surface area contributed by atoms with Gasteiger partial charge in [-0.2, -0.15) is 0 Å². The van der Waals surface area contributed by atoms with Gasteiger partial charge in [0.05, 0.1) is 24.5 Å². The quantitative estimate of drug-likeness (QED) is 0.795. The molecule has 2 fully saturated rings. The van der Waals surface area contributed by atoms with Gasteiger partial charge in [0.15, 0.2) is 16.6 Å². The number of rotatable bonds is 3. The molecule has 28 heavy (non-hydrogen) atoms. The molecule has 4 aliphatic rings. The molecule has 2 bridgehead atoms. The van der Waals surface area contributed by atoms with Gasteiger partial charge in [0, 0.05) is 23.3 Å². The van der Waals surface area contributed by atoms with Crippen molar-refractivity contribution in [2.24, 2.45) is 11.8 Å². The summed E-state index contributed by atoms with van der Waals surface area (Å²) in [6.45, 7) is 0.538. The number of hydrogen-bond donors (Lipinski definition) is 1. The molecule has 2 amide bonds. The van der Waals surface area contributed by atoms with Crippen LogP contribution in [-0.2, 0) is 14.3 Å². The van der Waals surface area contributed by atoms with Crippen molar-refractivity contribution in [2.75, 3.05) is 23.6 Å². The topological polar surface area (TPSA) is 90.0 Å². The van der Waals surface area contributed by atoms with E-state index in [1.165, 1.54) is 11.3 Å². The van der Waals surface area contributed by atoms with Crippen LogP contribution in [0.1, 0.15) is 0 Å². The fraction of sp³-hybridized carbons (Fsp3) is 0.316. The molecular weight excluding hydrogens is 382 g/mol. The molecule has 1 spiro atoms. The highest BCUT2D eigenvalue weighted by Crippen LogP contribution is 2.53. The number of benzene rings is 1. The average molecular weight is 397 g/mol. The maximum absolute atomic E-state index is 13.3. The summed E-state index contributed by atoms with van der Waals surface area (Å²) in [5, 5.41) is 5.12. The molecule has 0 radical (unpaired) electrons. The Balaban J connectivity index is 1.32. The SMILES string of the molecule is O=C(Nc1nccs1)C1C2C=C[C@@]3(CN(c4ccc5c(c4)OCO5)C(=O)C13)O2. The van der Waals surface area contributed by atoms with Gasteiger partial charge >= 0.3 is 0 Å². The number of nitrogens with one attached hydrogen (secondary N) is 1. The van der Waals surface area contributed by atoms with Gasteiger partial charge in [-0.25, -0.2) is 4.98 Å². The lowest BCUT2D eigenvalue weighted by Crippen LogP contribution is -2.41. The number of carbonyl (C=O) groups excluding carboxylic acids is 2. The van der Waals surface area contributed by atoms with Gasteiger partial charge in [-0.05, 0) is 12.1 Å². The highest BCUT2D eigenvalue weighted by molar-refractivity contribution is 7.13. The minimum atomic E-state index is -0.775. The van der Waals surface area contributed by atoms with E-state index in [9.17, 15) is 9.59 Å². The van der Waals surface area contributed by atoms with E-state index in [1.807, 2.05) is 18.2 Å². The largest absolute Gasteiger partial charge is 0.454 e. The van der Waals surface area contributed by atoms with Gasteiger partial charge in [0.1, 0.15) is 5.60 Å². The zero-order valence-electron chi connectivity index (χ0n) is 14.5. The maximum Gasteiger partial charge on any atom is 0.234 e. The molecular formula is C19H15N3O5S. The third-order valence-electron chi connectivity index (χ3n) is 5.73. The van der Waals surface area contributed by atoms with E-state index in [0.717, 1.165) is 0 Å². The number of hydrogen-bond acceptors (Lipinski definition) is 7. The van der Waals surface area contributed by atoms with Crippen molar-refractivity contribution < 1.29 is 23.8 Å². The Morgan fingerprint density at radius 1 is 1.32 bits per heavy atom. The molecule has 1 N–H and O–H groups in total. The monoisotopic (exact) mass is 397 g/mol. The van der Waals surface area contributed by atoms with E-state index in [4.69, 9.17) is 14.2 Å². The van der Waals surface area contributed by atoms with Crippen molar-refractivity contribution in [3.63, 3.8) is 0 Å². The van der Waals surface area contributed by atoms with Crippen LogP contribution in [0.25, 0.3) is 0 Å². The summed E-state index contributed by atoms with van der Waals surface area (Å²) in [7, 11) is 0. The summed E-state index contributed by atoms with van der Waals surface area (Å²) >= 11 is 1.34. The van der Waals surface area contributed by atoms with Crippen molar-refractivity contribution in [2.45, 2.75) is 11.7 Å². The normalized spacial score (nSPS) is 31.5. The molecule has 4 atom stereocenters. The van der Waals surface area contributed by atoms with E-state index in [0.29, 0.717) is 28.9 Å². The van der Waals surface area contributed by atoms with Gasteiger partial charge in [0.25, 0.3) is 0 Å². The van der Waals surface area contributed by atoms with Crippen LogP contribution in [0.15, 0.2) is 41.9 Å². The molecule has 3 unspecified atom stereocenters. The van der Waals surface area contributed by atoms with Crippen LogP contribution in [0.5, 0.6) is 11.5 Å². The summed E-state index contributed by atoms with van der Waals surface area (Å²) in [4.78, 5) is 32.0. The molecule has 1 aromatic carbocycles. The first-order valence-corrected chi connectivity index (χ1v) is 9.81. The molecule has 2 aromatic rings. The fourth-order valence-corrected chi connectivity index (χ4v) is 5.08. The van der Waals surface area contributed by atoms with Crippen molar-refractivity contribution in [3.8, 4) is 11.5 Å². The zero-order chi connectivity index (χ0) is 18.9. The van der Waals surface area contributed by atoms with Gasteiger partial charge < -0.3 is 24.4 Å². The number of nitrogens with zero attached hydrogens (tertiary/aromatic N) is 2. The van der Waals surface area contributed by atoms with Gasteiger partial charge in [-0.15, -0.1) is 11.3 Å². The molecule has 0 saturated carbocycles. The summed E-state index contributed by atoms with van der Waals surface area (Å²) in [6, 6.07) is 5.40. The standard InChI is InChI=1S/C19H15N3O5S/c23-16(21-18-20-5-6-28-18)14-12-3-4-19(27-12)8-22(17(24)15(14)19)10-1-2-11-13(7-10)26-9-25-11/h1-7,12,14-15H,8-9H2,(H,20,21,23)/t12?,14?,15?,19-/m0/s1. The molecule has 9 heteroatoms. The highest BCUT2D eigenvalue weighted by Gasteiger charge is 2.67. The Labute approximate surface area is 163 Å². The lowest BCUT2D eigenvalue weighted by molar-refractivity contribution is -0.128. The number of fused-ring (bicyclic) bond motifs is 2. The van der Waals surface area contributed by atoms with Gasteiger partial charge in [-0.1, -0.05) is 12.2 Å². The van der Waals surface area contributed by atoms with Crippen LogP contribution in [-0.4, -0.2) is 41.8 Å². The summed E-state index contributed by atoms with van der Waals surface area (Å²) in [5.41, 5.74) is -0.0687. The highest BCUT2D eigenvalue weighted by atomic mass is 32.1. The number of ether oxygens (including phenoxy) is 3. The predicted molar refractivity (Wildman–Crippen MR) is 99.4 cm³/mol. The number of amides is 2. The zero-order valence-corrected chi connectivity index (χ0v) is 15.3. The Bertz CT molecular complexity index is 1020. The van der Waals surface area contributed by atoms with E-state index in [1.54, 1.807) is 28.6 Å². The predicted octanol–water partition coefficient (Wildman–Crippen LogP) is 1.80. The first-order valence-electron chi connectivity index (χ1n) is 8.93. The average Bonchev–Trinajstić information content (AvgIpc) is 3.49. The molecule has 8 nitrogen and oxygen atoms in total. The molecule has 1 aromatic heterocycles. The maximum atomic E-state index is 13.3. The lowest BCUT2D eigenvalue weighted by atomic mass is 9.77. The summed E-state index contributed by atoms with van der Waals surface area (Å²) in [5.74, 6) is -0.236. The number of anilines is 2. The van der Waals surface area contributed by atoms with Crippen LogP contribution in [0.4, 0.5) is 10.8 Å². The van der Waals surface area contributed by atoms with Gasteiger partial charge in [0.2, 0.25) is 18.6 Å². The third-order valence-corrected chi connectivity index (χ3v) is 6.42. The molecule has 4 aliphatic heterocycles. The van der Waals surface area contributed by atoms with Gasteiger partial charge in [-0.3, -0.25) is 9.59 Å². The smallest absolute Gasteiger partial charge is 0.234 e. The second-order valence-corrected chi connectivity index (χ2v) is 8.08. The minimum absolute atomic E-state index is 0.120. The minimum Gasteiger partial charge on any atom is -0.454 e. The van der Waals surface area contributed by atoms with E-state index >= 15 is 0 Å². The molecule has 6 rings (SSSR count). The van der Waals surface area contributed by atoms with E-state index in [2.05, 4.69) is 10.3 Å². The second kappa shape index (κ2) is 5.55. The van der Waals surface area contributed by atoms with E-state index < -0.39 is 23.5 Å². The van der Waals surface area contributed by atoms with Crippen LogP contribution in [0.3, 0.4) is 0 Å². The number of thiazole rings is 1. The Hall–Kier alpha value is -2.91. The molecule has 142 valence electrons. The summed E-state index contributed by atoms with van der Waals surface area (Å²) < 4.78 is 16.9. The number of carbonyl (C=O) groups is 2. The lowest BCUT2D eigenvalue weighted by Gasteiger charge is -2.22. The van der Waals surface area contributed by atoms with Crippen LogP contribution < -0.4 is 19.7 Å². The van der Waals surface area contributed by atoms with E-state index in [-0.39, 0.29) is 18.6 Å². The third kappa shape index (κ3) is 2.11. The summed E-state index contributed by atoms with van der Waals surface area (Å²) in [6.07, 6.45) is 5.05. The van der Waals surface area contributed by atoms with Crippen LogP contribution in [0, 0.1) is 11.8 Å². The Kier molecular flexibility index (Phi) is 3.19. The Morgan fingerprint density at radius 2 is 2.21 bits per heavy atom. The molecule has 2 saturated heterocycles. The van der Waals surface area contributed by atoms with Crippen LogP contribution in [0.2, 0.25) is 0 Å². The fourth-order valence-electron chi connectivity index (χ4n) is 4.54.